The number of benzene rings is 3. The Morgan fingerprint density at radius 2 is 1.78 bits per heavy atom. The molecule has 2 heterocycles. The van der Waals surface area contributed by atoms with Gasteiger partial charge in [-0.15, -0.1) is 0 Å². The number of fused-ring (bicyclic) bond motifs is 1. The van der Waals surface area contributed by atoms with E-state index in [0.29, 0.717) is 55.2 Å². The second-order valence-corrected chi connectivity index (χ2v) is 12.1. The molecule has 0 saturated heterocycles. The summed E-state index contributed by atoms with van der Waals surface area (Å²) in [6.45, 7) is 6.98. The zero-order chi connectivity index (χ0) is 32.2. The molecule has 4 aromatic rings. The van der Waals surface area contributed by atoms with Crippen molar-refractivity contribution in [3.8, 4) is 11.5 Å². The van der Waals surface area contributed by atoms with Crippen LogP contribution in [0.2, 0.25) is 0 Å². The predicted octanol–water partition coefficient (Wildman–Crippen LogP) is 5.15. The fourth-order valence-corrected chi connectivity index (χ4v) is 6.80. The Balaban J connectivity index is 1.52. The van der Waals surface area contributed by atoms with E-state index in [0.717, 1.165) is 11.1 Å². The van der Waals surface area contributed by atoms with Gasteiger partial charge in [0.15, 0.2) is 4.80 Å². The van der Waals surface area contributed by atoms with Gasteiger partial charge < -0.3 is 19.5 Å². The number of para-hydroxylation sites is 1. The zero-order valence-electron chi connectivity index (χ0n) is 25.2. The van der Waals surface area contributed by atoms with Crippen LogP contribution in [0.15, 0.2) is 92.3 Å². The molecule has 0 aliphatic carbocycles. The van der Waals surface area contributed by atoms with E-state index in [1.165, 1.54) is 23.5 Å². The number of carbonyl (C=O) groups is 2. The fourth-order valence-electron chi connectivity index (χ4n) is 5.24. The summed E-state index contributed by atoms with van der Waals surface area (Å²) in [5.41, 5.74) is 3.28. The van der Waals surface area contributed by atoms with Crippen LogP contribution in [0.5, 0.6) is 11.5 Å². The number of thiazole rings is 1. The van der Waals surface area contributed by atoms with Crippen molar-refractivity contribution < 1.29 is 24.2 Å². The molecular weight excluding hydrogens is 658 g/mol. The Morgan fingerprint density at radius 1 is 1.07 bits per heavy atom. The molecule has 11 heteroatoms. The Hall–Kier alpha value is -4.48. The molecule has 45 heavy (non-hydrogen) atoms. The minimum absolute atomic E-state index is 0.163. The third-order valence-electron chi connectivity index (χ3n) is 7.59. The van der Waals surface area contributed by atoms with Crippen molar-refractivity contribution in [3.05, 3.63) is 124 Å². The quantitative estimate of drug-likeness (QED) is 0.247. The van der Waals surface area contributed by atoms with Gasteiger partial charge in [-0.25, -0.2) is 9.79 Å². The molecule has 1 atom stereocenters. The molecule has 232 valence electrons. The summed E-state index contributed by atoms with van der Waals surface area (Å²) >= 11 is 4.84. The number of carboxylic acid groups (broad SMARTS) is 1. The first-order chi connectivity index (χ1) is 21.7. The van der Waals surface area contributed by atoms with Crippen molar-refractivity contribution in [1.82, 2.24) is 9.47 Å². The maximum atomic E-state index is 14.1. The van der Waals surface area contributed by atoms with Gasteiger partial charge >= 0.3 is 5.97 Å². The van der Waals surface area contributed by atoms with Gasteiger partial charge in [-0.3, -0.25) is 14.2 Å². The number of halogens is 1. The number of methoxy groups -OCH3 is 1. The lowest BCUT2D eigenvalue weighted by Crippen LogP contribution is -2.43. The first kappa shape index (κ1) is 31.9. The van der Waals surface area contributed by atoms with Crippen LogP contribution in [-0.2, 0) is 11.4 Å². The summed E-state index contributed by atoms with van der Waals surface area (Å²) in [6, 6.07) is 18.7. The van der Waals surface area contributed by atoms with Crippen molar-refractivity contribution in [2.45, 2.75) is 33.4 Å². The number of carboxylic acids is 1. The van der Waals surface area contributed by atoms with E-state index in [4.69, 9.17) is 19.6 Å². The minimum Gasteiger partial charge on any atom is -0.496 e. The highest BCUT2D eigenvalue weighted by atomic mass is 79.9. The van der Waals surface area contributed by atoms with Crippen LogP contribution < -0.4 is 24.4 Å². The molecule has 1 aliphatic heterocycles. The van der Waals surface area contributed by atoms with Crippen molar-refractivity contribution >= 4 is 45.2 Å². The summed E-state index contributed by atoms with van der Waals surface area (Å²) in [6.07, 6.45) is 1.80. The maximum absolute atomic E-state index is 14.1. The number of aromatic carboxylic acids is 1. The first-order valence-electron chi connectivity index (χ1n) is 14.4. The molecule has 1 aromatic heterocycles. The largest absolute Gasteiger partial charge is 0.496 e. The number of rotatable bonds is 10. The molecule has 3 aromatic carbocycles. The van der Waals surface area contributed by atoms with E-state index in [-0.39, 0.29) is 23.6 Å². The van der Waals surface area contributed by atoms with Gasteiger partial charge in [-0.1, -0.05) is 47.7 Å². The zero-order valence-corrected chi connectivity index (χ0v) is 27.6. The molecule has 0 radical (unpaired) electrons. The van der Waals surface area contributed by atoms with Gasteiger partial charge in [0.2, 0.25) is 0 Å². The summed E-state index contributed by atoms with van der Waals surface area (Å²) in [7, 11) is 1.57. The van der Waals surface area contributed by atoms with E-state index in [9.17, 15) is 14.4 Å². The van der Waals surface area contributed by atoms with Crippen LogP contribution in [0.1, 0.15) is 53.9 Å². The minimum atomic E-state index is -0.979. The molecule has 1 amide bonds. The number of hydrogen-bond donors (Lipinski definition) is 1. The third-order valence-corrected chi connectivity index (χ3v) is 9.19. The number of hydrogen-bond acceptors (Lipinski definition) is 7. The maximum Gasteiger partial charge on any atom is 0.335 e. The van der Waals surface area contributed by atoms with Crippen molar-refractivity contribution in [3.63, 3.8) is 0 Å². The van der Waals surface area contributed by atoms with Gasteiger partial charge in [-0.05, 0) is 84.2 Å². The van der Waals surface area contributed by atoms with E-state index >= 15 is 0 Å². The molecule has 9 nitrogen and oxygen atoms in total. The SMILES string of the molecule is CCN(CC)C(=O)C1=C(C)N=c2s/c(=C/c3ccc(OCc4ccc(C(=O)O)cc4)c(Br)c3)c(=O)n2[C@@H]1c1ccccc1OC. The number of likely N-dealkylation sites (N-methyl/N-ethyl adjacent to an activating group) is 1. The standard InChI is InChI=1S/C34H32BrN3O6S/c1-5-37(6-2)32(40)29-20(3)36-34-38(30(29)24-9-7-8-10-26(24)43-4)31(39)28(45-34)18-22-13-16-27(25(35)17-22)44-19-21-11-14-23(15-12-21)33(41)42/h7-18,30H,5-6,19H2,1-4H3,(H,41,42)/b28-18+/t30-/m1/s1. The lowest BCUT2D eigenvalue weighted by Gasteiger charge is -2.29. The lowest BCUT2D eigenvalue weighted by atomic mass is 9.94. The van der Waals surface area contributed by atoms with E-state index in [1.807, 2.05) is 57.2 Å². The number of carbonyl (C=O) groups excluding carboxylic acids is 1. The van der Waals surface area contributed by atoms with Crippen LogP contribution in [0, 0.1) is 0 Å². The Kier molecular flexibility index (Phi) is 9.69. The summed E-state index contributed by atoms with van der Waals surface area (Å²) in [4.78, 5) is 46.0. The third kappa shape index (κ3) is 6.50. The van der Waals surface area contributed by atoms with Gasteiger partial charge in [0.1, 0.15) is 24.1 Å². The number of amides is 1. The smallest absolute Gasteiger partial charge is 0.335 e. The van der Waals surface area contributed by atoms with Gasteiger partial charge in [0.05, 0.1) is 32.9 Å². The van der Waals surface area contributed by atoms with E-state index in [1.54, 1.807) is 40.9 Å². The van der Waals surface area contributed by atoms with Crippen LogP contribution in [0.4, 0.5) is 0 Å². The number of nitrogens with zero attached hydrogens (tertiary/aromatic N) is 3. The molecule has 1 N–H and O–H groups in total. The Labute approximate surface area is 272 Å². The number of allylic oxidation sites excluding steroid dienone is 1. The molecule has 0 bridgehead atoms. The molecule has 0 saturated carbocycles. The lowest BCUT2D eigenvalue weighted by molar-refractivity contribution is -0.127. The van der Waals surface area contributed by atoms with E-state index in [2.05, 4.69) is 15.9 Å². The van der Waals surface area contributed by atoms with Crippen molar-refractivity contribution in [2.24, 2.45) is 4.99 Å². The van der Waals surface area contributed by atoms with Crippen LogP contribution in [0.3, 0.4) is 0 Å². The van der Waals surface area contributed by atoms with Gasteiger partial charge in [0.25, 0.3) is 11.5 Å². The van der Waals surface area contributed by atoms with Crippen LogP contribution in [0.25, 0.3) is 6.08 Å². The Morgan fingerprint density at radius 3 is 2.42 bits per heavy atom. The molecule has 0 unspecified atom stereocenters. The Bertz CT molecular complexity index is 1980. The summed E-state index contributed by atoms with van der Waals surface area (Å²) in [5, 5.41) is 9.10. The first-order valence-corrected chi connectivity index (χ1v) is 16.0. The number of aromatic nitrogens is 1. The average Bonchev–Trinajstić information content (AvgIpc) is 3.34. The summed E-state index contributed by atoms with van der Waals surface area (Å²) in [5.74, 6) is 0.0345. The average molecular weight is 691 g/mol. The highest BCUT2D eigenvalue weighted by Gasteiger charge is 2.35. The van der Waals surface area contributed by atoms with Crippen molar-refractivity contribution in [1.29, 1.82) is 0 Å². The fraction of sp³-hybridized carbons (Fsp3) is 0.235. The molecule has 5 rings (SSSR count). The van der Waals surface area contributed by atoms with E-state index < -0.39 is 12.0 Å². The van der Waals surface area contributed by atoms with Crippen LogP contribution in [-0.4, -0.2) is 46.6 Å². The predicted molar refractivity (Wildman–Crippen MR) is 177 cm³/mol. The monoisotopic (exact) mass is 689 g/mol. The second-order valence-electron chi connectivity index (χ2n) is 10.3. The molecule has 1 aliphatic rings. The summed E-state index contributed by atoms with van der Waals surface area (Å²) < 4.78 is 14.4. The molecule has 0 fully saturated rings. The van der Waals surface area contributed by atoms with Gasteiger partial charge in [-0.2, -0.15) is 0 Å². The highest BCUT2D eigenvalue weighted by molar-refractivity contribution is 9.10. The molecular formula is C34H32BrN3O6S. The molecule has 0 spiro atoms. The van der Waals surface area contributed by atoms with Crippen molar-refractivity contribution in [2.75, 3.05) is 20.2 Å². The van der Waals surface area contributed by atoms with Crippen LogP contribution >= 0.6 is 27.3 Å². The number of ether oxygens (including phenoxy) is 2. The normalized spacial score (nSPS) is 14.5. The van der Waals surface area contributed by atoms with Gasteiger partial charge in [0, 0.05) is 18.7 Å². The highest BCUT2D eigenvalue weighted by Crippen LogP contribution is 2.36. The second kappa shape index (κ2) is 13.7. The topological polar surface area (TPSA) is 110 Å².